The van der Waals surface area contributed by atoms with E-state index in [0.717, 1.165) is 16.1 Å². The van der Waals surface area contributed by atoms with Crippen molar-refractivity contribution >= 4 is 36.8 Å². The van der Waals surface area contributed by atoms with E-state index in [1.807, 2.05) is 30.5 Å². The summed E-state index contributed by atoms with van der Waals surface area (Å²) in [4.78, 5) is 9.35. The molecular formula is C20H20N4O2S. The minimum absolute atomic E-state index is 0.232. The number of nitrogens with zero attached hydrogens (tertiary/aromatic N) is 4. The Morgan fingerprint density at radius 2 is 2.07 bits per heavy atom. The normalized spacial score (nSPS) is 11.7. The van der Waals surface area contributed by atoms with Crippen molar-refractivity contribution in [2.75, 3.05) is 13.4 Å². The van der Waals surface area contributed by atoms with Crippen LogP contribution in [0.4, 0.5) is 5.69 Å². The molecule has 0 spiro atoms. The lowest BCUT2D eigenvalue weighted by Gasteiger charge is -2.19. The number of rotatable bonds is 7. The Morgan fingerprint density at radius 3 is 2.70 bits per heavy atom. The van der Waals surface area contributed by atoms with Crippen molar-refractivity contribution < 1.29 is 9.47 Å². The quantitative estimate of drug-likeness (QED) is 0.236. The van der Waals surface area contributed by atoms with Crippen molar-refractivity contribution in [2.24, 2.45) is 15.2 Å². The first-order chi connectivity index (χ1) is 13.2. The SMILES string of the molecule is C=N/N=C(\OC)C(Oc1ccc(N=C)c(SC)c1)c1cc(C#CC)ccn1. The molecule has 1 aromatic heterocycles. The topological polar surface area (TPSA) is 68.4 Å². The van der Waals surface area contributed by atoms with Gasteiger partial charge in [-0.25, -0.2) is 0 Å². The molecule has 2 rings (SSSR count). The van der Waals surface area contributed by atoms with Crippen LogP contribution in [-0.2, 0) is 4.74 Å². The molecule has 138 valence electrons. The van der Waals surface area contributed by atoms with E-state index >= 15 is 0 Å². The van der Waals surface area contributed by atoms with Gasteiger partial charge in [-0.3, -0.25) is 9.98 Å². The second-order valence-electron chi connectivity index (χ2n) is 5.12. The number of pyridine rings is 1. The average Bonchev–Trinajstić information content (AvgIpc) is 2.70. The average molecular weight is 380 g/mol. The Kier molecular flexibility index (Phi) is 7.59. The van der Waals surface area contributed by atoms with Crippen molar-refractivity contribution in [1.29, 1.82) is 0 Å². The van der Waals surface area contributed by atoms with Gasteiger partial charge in [-0.2, -0.15) is 5.10 Å². The van der Waals surface area contributed by atoms with Crippen molar-refractivity contribution in [3.63, 3.8) is 0 Å². The molecule has 0 bridgehead atoms. The first-order valence-electron chi connectivity index (χ1n) is 7.94. The van der Waals surface area contributed by atoms with E-state index < -0.39 is 6.10 Å². The molecular weight excluding hydrogens is 360 g/mol. The largest absolute Gasteiger partial charge is 0.480 e. The number of methoxy groups -OCH3 is 1. The molecule has 0 radical (unpaired) electrons. The number of aromatic nitrogens is 1. The predicted molar refractivity (Wildman–Crippen MR) is 112 cm³/mol. The van der Waals surface area contributed by atoms with Crippen LogP contribution in [0.5, 0.6) is 5.75 Å². The van der Waals surface area contributed by atoms with Gasteiger partial charge in [-0.05, 0) is 50.2 Å². The van der Waals surface area contributed by atoms with Crippen molar-refractivity contribution in [3.8, 4) is 17.6 Å². The maximum Gasteiger partial charge on any atom is 0.256 e. The van der Waals surface area contributed by atoms with Gasteiger partial charge in [0.05, 0.1) is 18.5 Å². The molecule has 0 amide bonds. The molecule has 1 atom stereocenters. The summed E-state index contributed by atoms with van der Waals surface area (Å²) >= 11 is 1.55. The monoisotopic (exact) mass is 380 g/mol. The molecule has 0 saturated heterocycles. The minimum atomic E-state index is -0.712. The van der Waals surface area contributed by atoms with Gasteiger partial charge in [0.1, 0.15) is 5.75 Å². The van der Waals surface area contributed by atoms with Gasteiger partial charge in [0.2, 0.25) is 6.10 Å². The van der Waals surface area contributed by atoms with Crippen LogP contribution in [0.1, 0.15) is 24.3 Å². The van der Waals surface area contributed by atoms with E-state index in [1.165, 1.54) is 7.11 Å². The van der Waals surface area contributed by atoms with Crippen molar-refractivity contribution in [3.05, 3.63) is 47.8 Å². The molecule has 2 aromatic rings. The number of hydrogen-bond donors (Lipinski definition) is 0. The summed E-state index contributed by atoms with van der Waals surface area (Å²) in [6.07, 6.45) is 2.91. The summed E-state index contributed by atoms with van der Waals surface area (Å²) in [7, 11) is 1.49. The molecule has 0 aliphatic rings. The third-order valence-electron chi connectivity index (χ3n) is 3.50. The van der Waals surface area contributed by atoms with Crippen LogP contribution in [0.2, 0.25) is 0 Å². The number of hydrogen-bond acceptors (Lipinski definition) is 7. The van der Waals surface area contributed by atoms with E-state index in [-0.39, 0.29) is 5.90 Å². The Labute approximate surface area is 163 Å². The molecule has 27 heavy (non-hydrogen) atoms. The molecule has 7 heteroatoms. The molecule has 0 N–H and O–H groups in total. The van der Waals surface area contributed by atoms with Crippen LogP contribution in [0.3, 0.4) is 0 Å². The van der Waals surface area contributed by atoms with Crippen LogP contribution in [0, 0.1) is 11.8 Å². The fourth-order valence-corrected chi connectivity index (χ4v) is 2.89. The van der Waals surface area contributed by atoms with E-state index in [2.05, 4.69) is 45.5 Å². The zero-order chi connectivity index (χ0) is 19.6. The molecule has 0 saturated carbocycles. The van der Waals surface area contributed by atoms with Gasteiger partial charge in [0, 0.05) is 23.4 Å². The second-order valence-corrected chi connectivity index (χ2v) is 5.97. The Bertz CT molecular complexity index is 916. The van der Waals surface area contributed by atoms with Crippen LogP contribution < -0.4 is 4.74 Å². The summed E-state index contributed by atoms with van der Waals surface area (Å²) in [6, 6.07) is 9.18. The van der Waals surface area contributed by atoms with E-state index in [9.17, 15) is 0 Å². The van der Waals surface area contributed by atoms with Crippen LogP contribution in [-0.4, -0.2) is 37.7 Å². The van der Waals surface area contributed by atoms with Gasteiger partial charge in [-0.1, -0.05) is 5.92 Å². The highest BCUT2D eigenvalue weighted by Crippen LogP contribution is 2.33. The predicted octanol–water partition coefficient (Wildman–Crippen LogP) is 4.29. The highest BCUT2D eigenvalue weighted by Gasteiger charge is 2.24. The highest BCUT2D eigenvalue weighted by molar-refractivity contribution is 7.98. The number of aliphatic imine (C=N–C) groups is 1. The zero-order valence-electron chi connectivity index (χ0n) is 15.5. The molecule has 1 unspecified atom stereocenters. The summed E-state index contributed by atoms with van der Waals surface area (Å²) < 4.78 is 11.5. The molecule has 0 aliphatic carbocycles. The summed E-state index contributed by atoms with van der Waals surface area (Å²) in [5.74, 6) is 6.72. The Hall–Kier alpha value is -3.11. The van der Waals surface area contributed by atoms with E-state index in [1.54, 1.807) is 30.9 Å². The minimum Gasteiger partial charge on any atom is -0.480 e. The summed E-state index contributed by atoms with van der Waals surface area (Å²) in [5.41, 5.74) is 2.20. The molecule has 0 fully saturated rings. The third kappa shape index (κ3) is 5.19. The fraction of sp³-hybridized carbons (Fsp3) is 0.200. The lowest BCUT2D eigenvalue weighted by atomic mass is 10.1. The van der Waals surface area contributed by atoms with E-state index in [0.29, 0.717) is 11.4 Å². The van der Waals surface area contributed by atoms with Crippen molar-refractivity contribution in [1.82, 2.24) is 4.98 Å². The Balaban J connectivity index is 2.49. The lowest BCUT2D eigenvalue weighted by molar-refractivity contribution is 0.224. The highest BCUT2D eigenvalue weighted by atomic mass is 32.2. The third-order valence-corrected chi connectivity index (χ3v) is 4.26. The first kappa shape index (κ1) is 20.2. The van der Waals surface area contributed by atoms with Crippen molar-refractivity contribution in [2.45, 2.75) is 17.9 Å². The standard InChI is InChI=1S/C20H20N4O2S/c1-6-7-14-10-11-23-17(12-14)19(20(25-4)24-22-3)26-15-8-9-16(21-2)18(13-15)27-5/h8-13,19H,2-3H2,1,4-5H3/b24-20-. The van der Waals surface area contributed by atoms with E-state index in [4.69, 9.17) is 9.47 Å². The second kappa shape index (κ2) is 10.1. The maximum absolute atomic E-state index is 6.15. The summed E-state index contributed by atoms with van der Waals surface area (Å²) in [5, 5.41) is 7.51. The van der Waals surface area contributed by atoms with Crippen LogP contribution in [0.25, 0.3) is 0 Å². The van der Waals surface area contributed by atoms with Gasteiger partial charge in [-0.15, -0.1) is 22.8 Å². The molecule has 0 aliphatic heterocycles. The zero-order valence-corrected chi connectivity index (χ0v) is 16.3. The van der Waals surface area contributed by atoms with Gasteiger partial charge < -0.3 is 9.47 Å². The smallest absolute Gasteiger partial charge is 0.256 e. The lowest BCUT2D eigenvalue weighted by Crippen LogP contribution is -2.21. The molecule has 6 nitrogen and oxygen atoms in total. The summed E-state index contributed by atoms with van der Waals surface area (Å²) in [6.45, 7) is 8.75. The molecule has 1 aromatic carbocycles. The first-order valence-corrected chi connectivity index (χ1v) is 9.17. The maximum atomic E-state index is 6.15. The van der Waals surface area contributed by atoms with Crippen LogP contribution in [0.15, 0.2) is 56.6 Å². The number of ether oxygens (including phenoxy) is 2. The number of thioether (sulfide) groups is 1. The van der Waals surface area contributed by atoms with Gasteiger partial charge >= 0.3 is 0 Å². The van der Waals surface area contributed by atoms with Gasteiger partial charge in [0.15, 0.2) is 0 Å². The Morgan fingerprint density at radius 1 is 1.26 bits per heavy atom. The molecule has 1 heterocycles. The van der Waals surface area contributed by atoms with Crippen LogP contribution >= 0.6 is 11.8 Å². The fourth-order valence-electron chi connectivity index (χ4n) is 2.32. The number of benzene rings is 1. The van der Waals surface area contributed by atoms with Gasteiger partial charge in [0.25, 0.3) is 5.90 Å².